The average Bonchev–Trinajstić information content (AvgIpc) is 2.95. The van der Waals surface area contributed by atoms with E-state index in [0.717, 1.165) is 31.4 Å². The average molecular weight is 308 g/mol. The third-order valence-corrected chi connectivity index (χ3v) is 4.81. The first-order valence-electron chi connectivity index (χ1n) is 8.38. The van der Waals surface area contributed by atoms with Crippen LogP contribution in [0.15, 0.2) is 48.5 Å². The second-order valence-electron chi connectivity index (χ2n) is 6.34. The Morgan fingerprint density at radius 2 is 2.04 bits per heavy atom. The Morgan fingerprint density at radius 3 is 2.96 bits per heavy atom. The van der Waals surface area contributed by atoms with Gasteiger partial charge in [-0.3, -0.25) is 0 Å². The summed E-state index contributed by atoms with van der Waals surface area (Å²) >= 11 is 0. The van der Waals surface area contributed by atoms with E-state index >= 15 is 0 Å². The van der Waals surface area contributed by atoms with E-state index in [9.17, 15) is 4.39 Å². The van der Waals surface area contributed by atoms with Crippen molar-refractivity contribution >= 4 is 10.9 Å². The van der Waals surface area contributed by atoms with Crippen LogP contribution in [-0.4, -0.2) is 11.5 Å². The van der Waals surface area contributed by atoms with Crippen LogP contribution in [0.2, 0.25) is 0 Å². The maximum Gasteiger partial charge on any atom is 0.123 e. The standard InChI is InChI=1S/C20H21FN2/c21-15-6-3-5-14(13-15)11-12-22-19-10-4-8-17-16-7-1-2-9-18(16)23-20(17)19/h1-3,5-7,9,13,19,22-23H,4,8,10-12H2. The van der Waals surface area contributed by atoms with Crippen molar-refractivity contribution in [2.75, 3.05) is 6.54 Å². The molecule has 2 N–H and O–H groups in total. The van der Waals surface area contributed by atoms with Crippen molar-refractivity contribution < 1.29 is 4.39 Å². The summed E-state index contributed by atoms with van der Waals surface area (Å²) in [5.41, 5.74) is 5.09. The Kier molecular flexibility index (Phi) is 3.88. The van der Waals surface area contributed by atoms with E-state index in [1.54, 1.807) is 12.1 Å². The quantitative estimate of drug-likeness (QED) is 0.729. The van der Waals surface area contributed by atoms with Crippen LogP contribution in [0.1, 0.15) is 35.7 Å². The number of aryl methyl sites for hydroxylation is 1. The monoisotopic (exact) mass is 308 g/mol. The summed E-state index contributed by atoms with van der Waals surface area (Å²) in [6.07, 6.45) is 4.38. The van der Waals surface area contributed by atoms with E-state index in [4.69, 9.17) is 0 Å². The van der Waals surface area contributed by atoms with Gasteiger partial charge in [0.2, 0.25) is 0 Å². The van der Waals surface area contributed by atoms with Crippen LogP contribution in [0.4, 0.5) is 4.39 Å². The minimum atomic E-state index is -0.155. The molecule has 1 atom stereocenters. The summed E-state index contributed by atoms with van der Waals surface area (Å²) in [6.45, 7) is 0.864. The fourth-order valence-corrected chi connectivity index (χ4v) is 3.70. The van der Waals surface area contributed by atoms with E-state index in [1.165, 1.54) is 34.6 Å². The molecule has 3 aromatic rings. The first-order valence-corrected chi connectivity index (χ1v) is 8.38. The zero-order valence-corrected chi connectivity index (χ0v) is 13.1. The van der Waals surface area contributed by atoms with Crippen molar-refractivity contribution in [1.82, 2.24) is 10.3 Å². The molecule has 0 spiro atoms. The molecule has 2 aromatic carbocycles. The largest absolute Gasteiger partial charge is 0.357 e. The van der Waals surface area contributed by atoms with E-state index < -0.39 is 0 Å². The van der Waals surface area contributed by atoms with Gasteiger partial charge in [-0.2, -0.15) is 0 Å². The van der Waals surface area contributed by atoms with Gasteiger partial charge in [0.25, 0.3) is 0 Å². The highest BCUT2D eigenvalue weighted by Crippen LogP contribution is 2.34. The molecule has 23 heavy (non-hydrogen) atoms. The molecule has 1 aliphatic rings. The zero-order chi connectivity index (χ0) is 15.6. The van der Waals surface area contributed by atoms with Crippen LogP contribution in [-0.2, 0) is 12.8 Å². The number of para-hydroxylation sites is 1. The van der Waals surface area contributed by atoms with Crippen molar-refractivity contribution in [2.24, 2.45) is 0 Å². The van der Waals surface area contributed by atoms with Crippen LogP contribution < -0.4 is 5.32 Å². The molecular weight excluding hydrogens is 287 g/mol. The van der Waals surface area contributed by atoms with Gasteiger partial charge in [-0.1, -0.05) is 30.3 Å². The Balaban J connectivity index is 1.49. The van der Waals surface area contributed by atoms with Gasteiger partial charge in [0.1, 0.15) is 5.82 Å². The van der Waals surface area contributed by atoms with Crippen molar-refractivity contribution in [3.63, 3.8) is 0 Å². The summed E-state index contributed by atoms with van der Waals surface area (Å²) in [7, 11) is 0. The molecule has 3 heteroatoms. The Hall–Kier alpha value is -2.13. The highest BCUT2D eigenvalue weighted by molar-refractivity contribution is 5.85. The van der Waals surface area contributed by atoms with Gasteiger partial charge in [0.05, 0.1) is 0 Å². The van der Waals surface area contributed by atoms with Gasteiger partial charge in [-0.25, -0.2) is 4.39 Å². The van der Waals surface area contributed by atoms with Crippen LogP contribution >= 0.6 is 0 Å². The van der Waals surface area contributed by atoms with Crippen molar-refractivity contribution in [2.45, 2.75) is 31.7 Å². The van der Waals surface area contributed by atoms with Gasteiger partial charge in [0.15, 0.2) is 0 Å². The molecule has 1 unspecified atom stereocenters. The second kappa shape index (κ2) is 6.17. The maximum absolute atomic E-state index is 13.2. The van der Waals surface area contributed by atoms with E-state index in [1.807, 2.05) is 6.07 Å². The molecular formula is C20H21FN2. The normalized spacial score (nSPS) is 17.3. The fraction of sp³-hybridized carbons (Fsp3) is 0.300. The molecule has 0 amide bonds. The number of nitrogens with one attached hydrogen (secondary N) is 2. The summed E-state index contributed by atoms with van der Waals surface area (Å²) in [4.78, 5) is 3.60. The van der Waals surface area contributed by atoms with E-state index in [0.29, 0.717) is 6.04 Å². The first kappa shape index (κ1) is 14.5. The number of hydrogen-bond donors (Lipinski definition) is 2. The maximum atomic E-state index is 13.2. The molecule has 0 saturated heterocycles. The zero-order valence-electron chi connectivity index (χ0n) is 13.1. The van der Waals surface area contributed by atoms with Gasteiger partial charge in [0, 0.05) is 22.6 Å². The van der Waals surface area contributed by atoms with Gasteiger partial charge < -0.3 is 10.3 Å². The minimum absolute atomic E-state index is 0.155. The summed E-state index contributed by atoms with van der Waals surface area (Å²) in [5.74, 6) is -0.155. The third-order valence-electron chi connectivity index (χ3n) is 4.81. The minimum Gasteiger partial charge on any atom is -0.357 e. The molecule has 0 aliphatic heterocycles. The summed E-state index contributed by atoms with van der Waals surface area (Å²) in [6, 6.07) is 15.8. The first-order chi connectivity index (χ1) is 11.3. The smallest absolute Gasteiger partial charge is 0.123 e. The van der Waals surface area contributed by atoms with Gasteiger partial charge in [-0.15, -0.1) is 0 Å². The molecule has 0 saturated carbocycles. The lowest BCUT2D eigenvalue weighted by molar-refractivity contribution is 0.456. The van der Waals surface area contributed by atoms with Gasteiger partial charge in [-0.05, 0) is 61.6 Å². The lowest BCUT2D eigenvalue weighted by Gasteiger charge is -2.24. The van der Waals surface area contributed by atoms with Crippen LogP contribution in [0.5, 0.6) is 0 Å². The molecule has 0 radical (unpaired) electrons. The van der Waals surface area contributed by atoms with Crippen LogP contribution in [0.25, 0.3) is 10.9 Å². The number of rotatable bonds is 4. The summed E-state index contributed by atoms with van der Waals surface area (Å²) < 4.78 is 13.2. The number of aromatic amines is 1. The SMILES string of the molecule is Fc1cccc(CCNC2CCCc3c2[nH]c2ccccc32)c1. The molecule has 4 rings (SSSR count). The lowest BCUT2D eigenvalue weighted by Crippen LogP contribution is -2.27. The molecule has 0 bridgehead atoms. The number of hydrogen-bond acceptors (Lipinski definition) is 1. The van der Waals surface area contributed by atoms with Gasteiger partial charge >= 0.3 is 0 Å². The number of fused-ring (bicyclic) bond motifs is 3. The molecule has 1 aliphatic carbocycles. The fourth-order valence-electron chi connectivity index (χ4n) is 3.70. The lowest BCUT2D eigenvalue weighted by atomic mass is 9.91. The van der Waals surface area contributed by atoms with Crippen LogP contribution in [0.3, 0.4) is 0 Å². The molecule has 1 aromatic heterocycles. The third kappa shape index (κ3) is 2.89. The van der Waals surface area contributed by atoms with Crippen molar-refractivity contribution in [3.8, 4) is 0 Å². The van der Waals surface area contributed by atoms with Crippen molar-refractivity contribution in [1.29, 1.82) is 0 Å². The number of aromatic nitrogens is 1. The highest BCUT2D eigenvalue weighted by atomic mass is 19.1. The van der Waals surface area contributed by atoms with Crippen LogP contribution in [0, 0.1) is 5.82 Å². The second-order valence-corrected chi connectivity index (χ2v) is 6.34. The van der Waals surface area contributed by atoms with Crippen molar-refractivity contribution in [3.05, 3.63) is 71.2 Å². The molecule has 1 heterocycles. The van der Waals surface area contributed by atoms with E-state index in [-0.39, 0.29) is 5.82 Å². The summed E-state index contributed by atoms with van der Waals surface area (Å²) in [5, 5.41) is 5.01. The Labute approximate surface area is 135 Å². The van der Waals surface area contributed by atoms with E-state index in [2.05, 4.69) is 34.6 Å². The predicted octanol–water partition coefficient (Wildman–Crippen LogP) is 4.52. The topological polar surface area (TPSA) is 27.8 Å². The Bertz CT molecular complexity index is 821. The Morgan fingerprint density at radius 1 is 1.13 bits per heavy atom. The molecule has 0 fully saturated rings. The number of H-pyrrole nitrogens is 1. The molecule has 2 nitrogen and oxygen atoms in total. The molecule has 118 valence electrons. The number of benzene rings is 2. The number of halogens is 1. The highest BCUT2D eigenvalue weighted by Gasteiger charge is 2.23. The predicted molar refractivity (Wildman–Crippen MR) is 92.1 cm³/mol.